The molecule has 2 aromatic carbocycles. The Hall–Kier alpha value is -1.34. The molecule has 5 heteroatoms. The number of rotatable bonds is 3. The molecular formula is C15H12INO2S. The van der Waals surface area contributed by atoms with Gasteiger partial charge in [0.1, 0.15) is 5.01 Å². The van der Waals surface area contributed by atoms with Crippen LogP contribution >= 0.6 is 33.9 Å². The number of aromatic hydroxyl groups is 1. The molecule has 0 fully saturated rings. The Bertz CT molecular complexity index is 737. The summed E-state index contributed by atoms with van der Waals surface area (Å²) in [6.45, 7) is 2.42. The lowest BCUT2D eigenvalue weighted by Crippen LogP contribution is -1.93. The molecule has 0 saturated heterocycles. The molecule has 0 atom stereocenters. The van der Waals surface area contributed by atoms with Crippen LogP contribution in [0.5, 0.6) is 11.5 Å². The summed E-state index contributed by atoms with van der Waals surface area (Å²) in [4.78, 5) is 4.63. The molecule has 1 aromatic heterocycles. The van der Waals surface area contributed by atoms with Crippen LogP contribution in [0.4, 0.5) is 0 Å². The third-order valence-electron chi connectivity index (χ3n) is 2.87. The van der Waals surface area contributed by atoms with Gasteiger partial charge in [-0.05, 0) is 53.8 Å². The van der Waals surface area contributed by atoms with Crippen LogP contribution in [-0.4, -0.2) is 16.7 Å². The van der Waals surface area contributed by atoms with Crippen LogP contribution in [0, 0.1) is 3.57 Å². The Morgan fingerprint density at radius 2 is 2.10 bits per heavy atom. The smallest absolute Gasteiger partial charge is 0.171 e. The molecule has 0 amide bonds. The second kappa shape index (κ2) is 5.57. The van der Waals surface area contributed by atoms with E-state index in [0.29, 0.717) is 12.4 Å². The quantitative estimate of drug-likeness (QED) is 0.653. The monoisotopic (exact) mass is 397 g/mol. The average molecular weight is 397 g/mol. The summed E-state index contributed by atoms with van der Waals surface area (Å²) in [6.07, 6.45) is 0. The second-order valence-electron chi connectivity index (χ2n) is 4.22. The van der Waals surface area contributed by atoms with Crippen LogP contribution in [0.1, 0.15) is 6.92 Å². The molecule has 0 saturated carbocycles. The van der Waals surface area contributed by atoms with Gasteiger partial charge in [0.25, 0.3) is 0 Å². The molecule has 3 rings (SSSR count). The number of hydrogen-bond donors (Lipinski definition) is 1. The summed E-state index contributed by atoms with van der Waals surface area (Å²) >= 11 is 3.75. The van der Waals surface area contributed by atoms with Crippen LogP contribution in [0.2, 0.25) is 0 Å². The molecule has 0 unspecified atom stereocenters. The molecule has 0 radical (unpaired) electrons. The summed E-state index contributed by atoms with van der Waals surface area (Å²) in [5, 5.41) is 10.9. The number of hydrogen-bond acceptors (Lipinski definition) is 4. The van der Waals surface area contributed by atoms with Crippen molar-refractivity contribution < 1.29 is 9.84 Å². The van der Waals surface area contributed by atoms with Crippen molar-refractivity contribution in [1.29, 1.82) is 0 Å². The zero-order valence-corrected chi connectivity index (χ0v) is 13.7. The van der Waals surface area contributed by atoms with Gasteiger partial charge < -0.3 is 9.84 Å². The van der Waals surface area contributed by atoms with Gasteiger partial charge in [0.05, 0.1) is 20.4 Å². The standard InChI is InChI=1S/C15H12INO2S/c1-2-19-12-8-9(7-10(16)14(12)18)15-17-11-5-3-4-6-13(11)20-15/h3-8,18H,2H2,1H3. The van der Waals surface area contributed by atoms with Crippen molar-refractivity contribution in [3.05, 3.63) is 40.0 Å². The molecule has 102 valence electrons. The number of fused-ring (bicyclic) bond motifs is 1. The van der Waals surface area contributed by atoms with Crippen molar-refractivity contribution in [1.82, 2.24) is 4.98 Å². The molecule has 0 aliphatic rings. The molecule has 0 bridgehead atoms. The predicted octanol–water partition coefficient (Wildman–Crippen LogP) is 4.67. The first-order valence-corrected chi connectivity index (χ1v) is 8.10. The molecule has 3 nitrogen and oxygen atoms in total. The van der Waals surface area contributed by atoms with Crippen molar-refractivity contribution in [2.24, 2.45) is 0 Å². The van der Waals surface area contributed by atoms with Gasteiger partial charge in [-0.3, -0.25) is 0 Å². The number of aromatic nitrogens is 1. The Balaban J connectivity index is 2.13. The van der Waals surface area contributed by atoms with Gasteiger partial charge in [0.15, 0.2) is 11.5 Å². The zero-order chi connectivity index (χ0) is 14.1. The maximum atomic E-state index is 9.99. The number of ether oxygens (including phenoxy) is 1. The number of nitrogens with zero attached hydrogens (tertiary/aromatic N) is 1. The van der Waals surface area contributed by atoms with Gasteiger partial charge in [-0.2, -0.15) is 0 Å². The summed E-state index contributed by atoms with van der Waals surface area (Å²) in [5.74, 6) is 0.700. The lowest BCUT2D eigenvalue weighted by atomic mass is 10.2. The van der Waals surface area contributed by atoms with E-state index in [2.05, 4.69) is 33.6 Å². The Kier molecular flexibility index (Phi) is 3.80. The summed E-state index contributed by atoms with van der Waals surface area (Å²) in [6, 6.07) is 11.8. The maximum Gasteiger partial charge on any atom is 0.171 e. The first-order chi connectivity index (χ1) is 9.69. The molecule has 1 N–H and O–H groups in total. The summed E-state index contributed by atoms with van der Waals surface area (Å²) < 4.78 is 7.40. The van der Waals surface area contributed by atoms with E-state index < -0.39 is 0 Å². The largest absolute Gasteiger partial charge is 0.504 e. The molecule has 0 aliphatic carbocycles. The fraction of sp³-hybridized carbons (Fsp3) is 0.133. The number of benzene rings is 2. The molecule has 0 aliphatic heterocycles. The first kappa shape index (κ1) is 13.6. The Morgan fingerprint density at radius 3 is 2.85 bits per heavy atom. The van der Waals surface area contributed by atoms with E-state index in [9.17, 15) is 5.11 Å². The van der Waals surface area contributed by atoms with Crippen LogP contribution in [0.15, 0.2) is 36.4 Å². The average Bonchev–Trinajstić information content (AvgIpc) is 2.87. The topological polar surface area (TPSA) is 42.4 Å². The van der Waals surface area contributed by atoms with E-state index in [1.54, 1.807) is 11.3 Å². The predicted molar refractivity (Wildman–Crippen MR) is 90.6 cm³/mol. The highest BCUT2D eigenvalue weighted by Gasteiger charge is 2.13. The van der Waals surface area contributed by atoms with Gasteiger partial charge in [-0.15, -0.1) is 11.3 Å². The molecule has 20 heavy (non-hydrogen) atoms. The highest BCUT2D eigenvalue weighted by molar-refractivity contribution is 14.1. The van der Waals surface area contributed by atoms with Gasteiger partial charge >= 0.3 is 0 Å². The molecular weight excluding hydrogens is 385 g/mol. The highest BCUT2D eigenvalue weighted by Crippen LogP contribution is 2.38. The van der Waals surface area contributed by atoms with Crippen LogP contribution < -0.4 is 4.74 Å². The van der Waals surface area contributed by atoms with E-state index in [1.165, 1.54) is 0 Å². The molecule has 3 aromatic rings. The van der Waals surface area contributed by atoms with Crippen LogP contribution in [0.3, 0.4) is 0 Å². The number of thiazole rings is 1. The minimum absolute atomic E-state index is 0.192. The van der Waals surface area contributed by atoms with Gasteiger partial charge in [-0.25, -0.2) is 4.98 Å². The fourth-order valence-electron chi connectivity index (χ4n) is 1.96. The zero-order valence-electron chi connectivity index (χ0n) is 10.8. The first-order valence-electron chi connectivity index (χ1n) is 6.20. The molecule has 1 heterocycles. The van der Waals surface area contributed by atoms with E-state index in [-0.39, 0.29) is 5.75 Å². The lowest BCUT2D eigenvalue weighted by molar-refractivity contribution is 0.317. The fourth-order valence-corrected chi connectivity index (χ4v) is 3.51. The van der Waals surface area contributed by atoms with Gasteiger partial charge in [0, 0.05) is 5.56 Å². The number of phenols is 1. The van der Waals surface area contributed by atoms with E-state index in [0.717, 1.165) is 24.4 Å². The molecule has 0 spiro atoms. The van der Waals surface area contributed by atoms with E-state index >= 15 is 0 Å². The third kappa shape index (κ3) is 2.47. The second-order valence-corrected chi connectivity index (χ2v) is 6.42. The summed E-state index contributed by atoms with van der Waals surface area (Å²) in [7, 11) is 0. The van der Waals surface area contributed by atoms with E-state index in [1.807, 2.05) is 37.3 Å². The third-order valence-corrected chi connectivity index (χ3v) is 4.78. The van der Waals surface area contributed by atoms with Crippen LogP contribution in [-0.2, 0) is 0 Å². The minimum atomic E-state index is 0.192. The summed E-state index contributed by atoms with van der Waals surface area (Å²) in [5.41, 5.74) is 1.96. The van der Waals surface area contributed by atoms with Gasteiger partial charge in [0.2, 0.25) is 0 Å². The Morgan fingerprint density at radius 1 is 1.30 bits per heavy atom. The van der Waals surface area contributed by atoms with Crippen molar-refractivity contribution in [3.63, 3.8) is 0 Å². The van der Waals surface area contributed by atoms with Crippen LogP contribution in [0.25, 0.3) is 20.8 Å². The van der Waals surface area contributed by atoms with Crippen molar-refractivity contribution >= 4 is 44.1 Å². The van der Waals surface area contributed by atoms with E-state index in [4.69, 9.17) is 4.74 Å². The number of halogens is 1. The maximum absolute atomic E-state index is 9.99. The lowest BCUT2D eigenvalue weighted by Gasteiger charge is -2.09. The number of para-hydroxylation sites is 1. The van der Waals surface area contributed by atoms with Crippen molar-refractivity contribution in [2.75, 3.05) is 6.61 Å². The highest BCUT2D eigenvalue weighted by atomic mass is 127. The minimum Gasteiger partial charge on any atom is -0.504 e. The van der Waals surface area contributed by atoms with Gasteiger partial charge in [-0.1, -0.05) is 12.1 Å². The van der Waals surface area contributed by atoms with Crippen molar-refractivity contribution in [2.45, 2.75) is 6.92 Å². The van der Waals surface area contributed by atoms with Crippen molar-refractivity contribution in [3.8, 4) is 22.1 Å². The SMILES string of the molecule is CCOc1cc(-c2nc3ccccc3s2)cc(I)c1O. The Labute approximate surface area is 134 Å². The number of phenolic OH excluding ortho intramolecular Hbond substituents is 1. The normalized spacial score (nSPS) is 10.9.